The van der Waals surface area contributed by atoms with E-state index in [4.69, 9.17) is 14.2 Å². The van der Waals surface area contributed by atoms with E-state index in [9.17, 15) is 0 Å². The van der Waals surface area contributed by atoms with Crippen molar-refractivity contribution in [2.24, 2.45) is 11.3 Å². The summed E-state index contributed by atoms with van der Waals surface area (Å²) in [4.78, 5) is 0. The van der Waals surface area contributed by atoms with Crippen molar-refractivity contribution < 1.29 is 14.2 Å². The maximum absolute atomic E-state index is 6.64. The van der Waals surface area contributed by atoms with E-state index < -0.39 is 0 Å². The molecule has 1 aromatic rings. The SMILES string of the molecule is CC1=C(COCc2ccccc2)C23CCCC4(CCCCC42)OC3O1. The van der Waals surface area contributed by atoms with E-state index in [0.29, 0.717) is 19.1 Å². The van der Waals surface area contributed by atoms with Crippen LogP contribution in [-0.4, -0.2) is 18.5 Å². The van der Waals surface area contributed by atoms with E-state index in [2.05, 4.69) is 31.2 Å². The molecule has 1 saturated heterocycles. The number of ether oxygens (including phenoxy) is 3. The number of benzene rings is 1. The molecule has 4 unspecified atom stereocenters. The van der Waals surface area contributed by atoms with Gasteiger partial charge in [0.1, 0.15) is 0 Å². The molecule has 1 aromatic carbocycles. The number of rotatable bonds is 4. The average molecular weight is 340 g/mol. The first-order valence-electron chi connectivity index (χ1n) is 9.91. The molecule has 4 aliphatic rings. The molecule has 1 spiro atoms. The molecule has 2 aliphatic carbocycles. The van der Waals surface area contributed by atoms with Crippen LogP contribution in [0.5, 0.6) is 0 Å². The van der Waals surface area contributed by atoms with Crippen molar-refractivity contribution in [2.45, 2.75) is 70.4 Å². The average Bonchev–Trinajstić information content (AvgIpc) is 2.97. The van der Waals surface area contributed by atoms with Gasteiger partial charge in [0.25, 0.3) is 0 Å². The normalized spacial score (nSPS) is 39.1. The van der Waals surface area contributed by atoms with Gasteiger partial charge in [-0.25, -0.2) is 0 Å². The molecule has 25 heavy (non-hydrogen) atoms. The second kappa shape index (κ2) is 5.85. The summed E-state index contributed by atoms with van der Waals surface area (Å²) in [6.45, 7) is 3.44. The minimum Gasteiger partial charge on any atom is -0.469 e. The molecule has 2 aliphatic heterocycles. The van der Waals surface area contributed by atoms with Crippen LogP contribution >= 0.6 is 0 Å². The molecule has 2 saturated carbocycles. The summed E-state index contributed by atoms with van der Waals surface area (Å²) in [5, 5.41) is 0. The van der Waals surface area contributed by atoms with Gasteiger partial charge in [-0.3, -0.25) is 0 Å². The molecule has 3 nitrogen and oxygen atoms in total. The van der Waals surface area contributed by atoms with E-state index in [1.807, 2.05) is 6.07 Å². The molecule has 4 atom stereocenters. The topological polar surface area (TPSA) is 27.7 Å². The Morgan fingerprint density at radius 1 is 1.04 bits per heavy atom. The highest BCUT2D eigenvalue weighted by molar-refractivity contribution is 5.32. The van der Waals surface area contributed by atoms with Gasteiger partial charge in [0.2, 0.25) is 6.29 Å². The summed E-state index contributed by atoms with van der Waals surface area (Å²) in [6.07, 6.45) is 8.76. The first-order chi connectivity index (χ1) is 12.2. The van der Waals surface area contributed by atoms with Crippen LogP contribution in [0.4, 0.5) is 0 Å². The van der Waals surface area contributed by atoms with Gasteiger partial charge in [0.05, 0.1) is 30.0 Å². The van der Waals surface area contributed by atoms with Crippen LogP contribution in [-0.2, 0) is 20.8 Å². The molecule has 2 heterocycles. The van der Waals surface area contributed by atoms with Gasteiger partial charge < -0.3 is 14.2 Å². The van der Waals surface area contributed by atoms with Crippen LogP contribution in [0.2, 0.25) is 0 Å². The monoisotopic (exact) mass is 340 g/mol. The Hall–Kier alpha value is -1.32. The van der Waals surface area contributed by atoms with Crippen molar-refractivity contribution in [1.29, 1.82) is 0 Å². The molecule has 0 aromatic heterocycles. The van der Waals surface area contributed by atoms with Gasteiger partial charge in [0, 0.05) is 11.5 Å². The summed E-state index contributed by atoms with van der Waals surface area (Å²) in [5.74, 6) is 1.68. The maximum atomic E-state index is 6.64. The molecule has 0 radical (unpaired) electrons. The predicted octanol–water partition coefficient (Wildman–Crippen LogP) is 4.96. The standard InChI is InChI=1S/C22H28O3/c1-16-18(15-23-14-17-8-3-2-4-9-17)22-13-7-12-21(25-20(22)24-16)11-6-5-10-19(21)22/h2-4,8-9,19-20H,5-7,10-15H2,1H3. The van der Waals surface area contributed by atoms with Crippen LogP contribution in [0.15, 0.2) is 41.7 Å². The van der Waals surface area contributed by atoms with Gasteiger partial charge in [-0.05, 0) is 44.6 Å². The summed E-state index contributed by atoms with van der Waals surface area (Å²) in [6, 6.07) is 10.4. The quantitative estimate of drug-likeness (QED) is 0.775. The highest BCUT2D eigenvalue weighted by Gasteiger charge is 2.70. The summed E-state index contributed by atoms with van der Waals surface area (Å²) in [5.41, 5.74) is 2.79. The molecular formula is C22H28O3. The van der Waals surface area contributed by atoms with E-state index in [1.165, 1.54) is 56.1 Å². The summed E-state index contributed by atoms with van der Waals surface area (Å²) < 4.78 is 19.1. The zero-order valence-electron chi connectivity index (χ0n) is 15.1. The first kappa shape index (κ1) is 15.9. The highest BCUT2D eigenvalue weighted by atomic mass is 16.7. The molecule has 134 valence electrons. The van der Waals surface area contributed by atoms with E-state index in [-0.39, 0.29) is 17.3 Å². The third-order valence-electron chi connectivity index (χ3n) is 7.18. The Balaban J connectivity index is 1.39. The molecule has 2 bridgehead atoms. The zero-order chi connectivity index (χ0) is 16.9. The van der Waals surface area contributed by atoms with Crippen LogP contribution < -0.4 is 0 Å². The fourth-order valence-corrected chi connectivity index (χ4v) is 6.16. The van der Waals surface area contributed by atoms with Crippen molar-refractivity contribution in [3.05, 3.63) is 47.2 Å². The van der Waals surface area contributed by atoms with Gasteiger partial charge in [-0.1, -0.05) is 43.2 Å². The van der Waals surface area contributed by atoms with Gasteiger partial charge in [-0.2, -0.15) is 0 Å². The first-order valence-corrected chi connectivity index (χ1v) is 9.91. The second-order valence-corrected chi connectivity index (χ2v) is 8.34. The molecule has 0 amide bonds. The smallest absolute Gasteiger partial charge is 0.209 e. The fraction of sp³-hybridized carbons (Fsp3) is 0.636. The summed E-state index contributed by atoms with van der Waals surface area (Å²) >= 11 is 0. The number of hydrogen-bond acceptors (Lipinski definition) is 3. The Morgan fingerprint density at radius 2 is 1.88 bits per heavy atom. The van der Waals surface area contributed by atoms with Crippen molar-refractivity contribution in [3.8, 4) is 0 Å². The predicted molar refractivity (Wildman–Crippen MR) is 95.7 cm³/mol. The van der Waals surface area contributed by atoms with Crippen LogP contribution in [0.1, 0.15) is 57.4 Å². The molecule has 3 heteroatoms. The lowest BCUT2D eigenvalue weighted by Crippen LogP contribution is -2.48. The zero-order valence-corrected chi connectivity index (χ0v) is 15.1. The largest absolute Gasteiger partial charge is 0.469 e. The summed E-state index contributed by atoms with van der Waals surface area (Å²) in [7, 11) is 0. The lowest BCUT2D eigenvalue weighted by atomic mass is 9.55. The molecule has 5 rings (SSSR count). The van der Waals surface area contributed by atoms with Crippen molar-refractivity contribution in [1.82, 2.24) is 0 Å². The fourth-order valence-electron chi connectivity index (χ4n) is 6.16. The third-order valence-corrected chi connectivity index (χ3v) is 7.18. The molecule has 3 fully saturated rings. The lowest BCUT2D eigenvalue weighted by molar-refractivity contribution is -0.161. The minimum absolute atomic E-state index is 0.0616. The van der Waals surface area contributed by atoms with Crippen LogP contribution in [0, 0.1) is 11.3 Å². The van der Waals surface area contributed by atoms with Gasteiger partial charge in [-0.15, -0.1) is 0 Å². The number of hydrogen-bond donors (Lipinski definition) is 0. The van der Waals surface area contributed by atoms with Crippen molar-refractivity contribution in [3.63, 3.8) is 0 Å². The Labute approximate surface area is 150 Å². The maximum Gasteiger partial charge on any atom is 0.209 e. The van der Waals surface area contributed by atoms with Crippen molar-refractivity contribution >= 4 is 0 Å². The molecule has 0 N–H and O–H groups in total. The molecular weight excluding hydrogens is 312 g/mol. The van der Waals surface area contributed by atoms with Gasteiger partial charge >= 0.3 is 0 Å². The van der Waals surface area contributed by atoms with Gasteiger partial charge in [0.15, 0.2) is 0 Å². The third kappa shape index (κ3) is 2.25. The van der Waals surface area contributed by atoms with Crippen LogP contribution in [0.25, 0.3) is 0 Å². The Bertz CT molecular complexity index is 678. The van der Waals surface area contributed by atoms with Crippen molar-refractivity contribution in [2.75, 3.05) is 6.61 Å². The highest BCUT2D eigenvalue weighted by Crippen LogP contribution is 2.68. The lowest BCUT2D eigenvalue weighted by Gasteiger charge is -2.47. The second-order valence-electron chi connectivity index (χ2n) is 8.34. The Kier molecular flexibility index (Phi) is 3.72. The Morgan fingerprint density at radius 3 is 2.76 bits per heavy atom. The van der Waals surface area contributed by atoms with Crippen LogP contribution in [0.3, 0.4) is 0 Å². The number of allylic oxidation sites excluding steroid dienone is 1. The van der Waals surface area contributed by atoms with E-state index in [0.717, 1.165) is 5.76 Å². The van der Waals surface area contributed by atoms with E-state index in [1.54, 1.807) is 0 Å². The van der Waals surface area contributed by atoms with E-state index >= 15 is 0 Å². The minimum atomic E-state index is -0.0616.